The van der Waals surface area contributed by atoms with Gasteiger partial charge in [0.15, 0.2) is 17.3 Å². The fourth-order valence-corrected chi connectivity index (χ4v) is 3.23. The Kier molecular flexibility index (Phi) is 5.21. The normalized spacial score (nSPS) is 10.7. The second kappa shape index (κ2) is 8.12. The van der Waals surface area contributed by atoms with Crippen LogP contribution in [0.25, 0.3) is 16.7 Å². The maximum atomic E-state index is 11.1. The minimum Gasteiger partial charge on any atom is -0.497 e. The maximum absolute atomic E-state index is 11.1. The largest absolute Gasteiger partial charge is 0.497 e. The molecule has 0 aliphatic rings. The van der Waals surface area contributed by atoms with Crippen LogP contribution in [0.2, 0.25) is 0 Å². The van der Waals surface area contributed by atoms with E-state index in [2.05, 4.69) is 0 Å². The molecule has 0 bridgehead atoms. The SMILES string of the molecule is COc1ccc(-n2c(COc3cc([N+](=O)[O-])ccc3OC)nc3ccccc32)cc1. The van der Waals surface area contributed by atoms with Crippen molar-refractivity contribution in [2.24, 2.45) is 0 Å². The summed E-state index contributed by atoms with van der Waals surface area (Å²) in [5, 5.41) is 11.1. The highest BCUT2D eigenvalue weighted by Crippen LogP contribution is 2.32. The average Bonchev–Trinajstić information content (AvgIpc) is 3.15. The van der Waals surface area contributed by atoms with E-state index in [0.717, 1.165) is 22.5 Å². The topological polar surface area (TPSA) is 88.7 Å². The lowest BCUT2D eigenvalue weighted by Gasteiger charge is -2.13. The predicted molar refractivity (Wildman–Crippen MR) is 112 cm³/mol. The van der Waals surface area contributed by atoms with E-state index in [0.29, 0.717) is 11.6 Å². The Morgan fingerprint density at radius 3 is 2.43 bits per heavy atom. The minimum absolute atomic E-state index is 0.0746. The molecule has 1 heterocycles. The minimum atomic E-state index is -0.473. The fraction of sp³-hybridized carbons (Fsp3) is 0.136. The molecule has 0 saturated heterocycles. The number of ether oxygens (including phenoxy) is 3. The van der Waals surface area contributed by atoms with E-state index in [1.54, 1.807) is 7.11 Å². The summed E-state index contributed by atoms with van der Waals surface area (Å²) < 4.78 is 18.4. The van der Waals surface area contributed by atoms with Crippen LogP contribution in [0.1, 0.15) is 5.82 Å². The Morgan fingerprint density at radius 1 is 0.967 bits per heavy atom. The molecule has 4 aromatic rings. The Morgan fingerprint density at radius 2 is 1.73 bits per heavy atom. The van der Waals surface area contributed by atoms with Gasteiger partial charge in [0.25, 0.3) is 5.69 Å². The number of methoxy groups -OCH3 is 2. The zero-order chi connectivity index (χ0) is 21.1. The van der Waals surface area contributed by atoms with Crippen LogP contribution in [0.4, 0.5) is 5.69 Å². The molecule has 1 aromatic heterocycles. The molecule has 0 saturated carbocycles. The van der Waals surface area contributed by atoms with Gasteiger partial charge in [-0.3, -0.25) is 14.7 Å². The summed E-state index contributed by atoms with van der Waals surface area (Å²) in [6.07, 6.45) is 0. The van der Waals surface area contributed by atoms with Crippen molar-refractivity contribution >= 4 is 16.7 Å². The van der Waals surface area contributed by atoms with Gasteiger partial charge in [0.1, 0.15) is 12.4 Å². The summed E-state index contributed by atoms with van der Waals surface area (Å²) >= 11 is 0. The van der Waals surface area contributed by atoms with Crippen molar-refractivity contribution in [3.63, 3.8) is 0 Å². The number of fused-ring (bicyclic) bond motifs is 1. The van der Waals surface area contributed by atoms with Crippen LogP contribution in [0.3, 0.4) is 0 Å². The molecule has 8 nitrogen and oxygen atoms in total. The van der Waals surface area contributed by atoms with Crippen LogP contribution in [-0.4, -0.2) is 28.7 Å². The van der Waals surface area contributed by atoms with Crippen LogP contribution in [0, 0.1) is 10.1 Å². The van der Waals surface area contributed by atoms with Crippen molar-refractivity contribution in [1.29, 1.82) is 0 Å². The third kappa shape index (κ3) is 3.62. The standard InChI is InChI=1S/C22H19N3O5/c1-28-17-10-7-15(8-11-17)24-19-6-4-3-5-18(19)23-22(24)14-30-21-13-16(25(26)27)9-12-20(21)29-2/h3-13H,14H2,1-2H3. The van der Waals surface area contributed by atoms with Crippen LogP contribution in [0.5, 0.6) is 17.2 Å². The molecule has 0 aliphatic carbocycles. The number of imidazole rings is 1. The quantitative estimate of drug-likeness (QED) is 0.332. The third-order valence-corrected chi connectivity index (χ3v) is 4.68. The van der Waals surface area contributed by atoms with Gasteiger partial charge in [0.05, 0.1) is 36.2 Å². The summed E-state index contributed by atoms with van der Waals surface area (Å²) in [6, 6.07) is 19.6. The first kappa shape index (κ1) is 19.3. The Balaban J connectivity index is 1.73. The molecule has 30 heavy (non-hydrogen) atoms. The average molecular weight is 405 g/mol. The van der Waals surface area contributed by atoms with E-state index >= 15 is 0 Å². The number of rotatable bonds is 7. The lowest BCUT2D eigenvalue weighted by atomic mass is 10.2. The molecule has 0 fully saturated rings. The summed E-state index contributed by atoms with van der Waals surface area (Å²) in [7, 11) is 3.11. The molecule has 0 amide bonds. The molecule has 152 valence electrons. The summed E-state index contributed by atoms with van der Waals surface area (Å²) in [5.41, 5.74) is 2.56. The molecular formula is C22H19N3O5. The molecular weight excluding hydrogens is 386 g/mol. The van der Waals surface area contributed by atoms with Crippen LogP contribution < -0.4 is 14.2 Å². The highest BCUT2D eigenvalue weighted by molar-refractivity contribution is 5.78. The van der Waals surface area contributed by atoms with Crippen molar-refractivity contribution in [3.8, 4) is 22.9 Å². The predicted octanol–water partition coefficient (Wildman–Crippen LogP) is 4.53. The van der Waals surface area contributed by atoms with Crippen molar-refractivity contribution in [1.82, 2.24) is 9.55 Å². The number of non-ortho nitro benzene ring substituents is 1. The number of nitro benzene ring substituents is 1. The van der Waals surface area contributed by atoms with Crippen LogP contribution in [0.15, 0.2) is 66.7 Å². The van der Waals surface area contributed by atoms with E-state index in [9.17, 15) is 10.1 Å². The summed E-state index contributed by atoms with van der Waals surface area (Å²) in [5.74, 6) is 2.09. The number of benzene rings is 3. The van der Waals surface area contributed by atoms with Gasteiger partial charge >= 0.3 is 0 Å². The summed E-state index contributed by atoms with van der Waals surface area (Å²) in [4.78, 5) is 15.3. The van der Waals surface area contributed by atoms with Crippen molar-refractivity contribution < 1.29 is 19.1 Å². The number of hydrogen-bond acceptors (Lipinski definition) is 6. The van der Waals surface area contributed by atoms with Crippen LogP contribution >= 0.6 is 0 Å². The fourth-order valence-electron chi connectivity index (χ4n) is 3.23. The zero-order valence-electron chi connectivity index (χ0n) is 16.4. The number of nitro groups is 1. The van der Waals surface area contributed by atoms with E-state index in [-0.39, 0.29) is 18.0 Å². The first-order valence-corrected chi connectivity index (χ1v) is 9.16. The number of aromatic nitrogens is 2. The van der Waals surface area contributed by atoms with Crippen LogP contribution in [-0.2, 0) is 6.61 Å². The van der Waals surface area contributed by atoms with Gasteiger partial charge in [0.2, 0.25) is 0 Å². The second-order valence-electron chi connectivity index (χ2n) is 6.43. The van der Waals surface area contributed by atoms with Gasteiger partial charge in [-0.25, -0.2) is 4.98 Å². The smallest absolute Gasteiger partial charge is 0.273 e. The molecule has 0 atom stereocenters. The maximum Gasteiger partial charge on any atom is 0.273 e. The molecule has 0 radical (unpaired) electrons. The monoisotopic (exact) mass is 405 g/mol. The van der Waals surface area contributed by atoms with Gasteiger partial charge in [-0.2, -0.15) is 0 Å². The van der Waals surface area contributed by atoms with Crippen molar-refractivity contribution in [2.75, 3.05) is 14.2 Å². The molecule has 0 unspecified atom stereocenters. The zero-order valence-corrected chi connectivity index (χ0v) is 16.4. The number of hydrogen-bond donors (Lipinski definition) is 0. The van der Waals surface area contributed by atoms with Gasteiger partial charge in [0, 0.05) is 11.8 Å². The van der Waals surface area contributed by atoms with E-state index in [4.69, 9.17) is 19.2 Å². The summed E-state index contributed by atoms with van der Waals surface area (Å²) in [6.45, 7) is 0.0955. The lowest BCUT2D eigenvalue weighted by Crippen LogP contribution is -2.06. The Labute approximate surface area is 172 Å². The molecule has 3 aromatic carbocycles. The number of nitrogens with zero attached hydrogens (tertiary/aromatic N) is 3. The lowest BCUT2D eigenvalue weighted by molar-refractivity contribution is -0.385. The molecule has 0 N–H and O–H groups in total. The Hall–Kier alpha value is -4.07. The van der Waals surface area contributed by atoms with Crippen molar-refractivity contribution in [2.45, 2.75) is 6.61 Å². The first-order valence-electron chi connectivity index (χ1n) is 9.16. The van der Waals surface area contributed by atoms with Gasteiger partial charge in [-0.1, -0.05) is 12.1 Å². The van der Waals surface area contributed by atoms with Crippen molar-refractivity contribution in [3.05, 3.63) is 82.7 Å². The Bertz CT molecular complexity index is 1200. The molecule has 4 rings (SSSR count). The van der Waals surface area contributed by atoms with E-state index < -0.39 is 4.92 Å². The second-order valence-corrected chi connectivity index (χ2v) is 6.43. The molecule has 8 heteroatoms. The van der Waals surface area contributed by atoms with Gasteiger partial charge in [-0.15, -0.1) is 0 Å². The van der Waals surface area contributed by atoms with Gasteiger partial charge in [-0.05, 0) is 42.5 Å². The number of para-hydroxylation sites is 2. The first-order chi connectivity index (χ1) is 14.6. The molecule has 0 spiro atoms. The van der Waals surface area contributed by atoms with E-state index in [1.807, 2.05) is 53.1 Å². The van der Waals surface area contributed by atoms with Gasteiger partial charge < -0.3 is 14.2 Å². The highest BCUT2D eigenvalue weighted by Gasteiger charge is 2.16. The highest BCUT2D eigenvalue weighted by atomic mass is 16.6. The van der Waals surface area contributed by atoms with E-state index in [1.165, 1.54) is 25.3 Å². The molecule has 0 aliphatic heterocycles. The third-order valence-electron chi connectivity index (χ3n) is 4.68.